The van der Waals surface area contributed by atoms with Gasteiger partial charge in [0.2, 0.25) is 12.3 Å². The molecule has 20 heavy (non-hydrogen) atoms. The Morgan fingerprint density at radius 1 is 1.30 bits per heavy atom. The first-order valence-electron chi connectivity index (χ1n) is 6.41. The molecular formula is C15H15N3OS. The van der Waals surface area contributed by atoms with E-state index in [1.807, 2.05) is 12.1 Å². The van der Waals surface area contributed by atoms with E-state index < -0.39 is 0 Å². The second kappa shape index (κ2) is 5.46. The summed E-state index contributed by atoms with van der Waals surface area (Å²) in [5, 5.41) is 13.3. The maximum absolute atomic E-state index is 5.24. The predicted octanol–water partition coefficient (Wildman–Crippen LogP) is 4.28. The Labute approximate surface area is 121 Å². The lowest BCUT2D eigenvalue weighted by Gasteiger charge is -2.16. The van der Waals surface area contributed by atoms with Crippen LogP contribution in [0.15, 0.2) is 46.5 Å². The monoisotopic (exact) mass is 285 g/mol. The molecule has 2 heterocycles. The van der Waals surface area contributed by atoms with Crippen molar-refractivity contribution in [2.75, 3.05) is 5.32 Å². The average molecular weight is 285 g/mol. The molecule has 4 nitrogen and oxygen atoms in total. The van der Waals surface area contributed by atoms with E-state index >= 15 is 0 Å². The maximum Gasteiger partial charge on any atom is 0.247 e. The normalized spacial score (nSPS) is 12.3. The second-order valence-electron chi connectivity index (χ2n) is 4.66. The third-order valence-corrected chi connectivity index (χ3v) is 4.24. The highest BCUT2D eigenvalue weighted by atomic mass is 32.1. The zero-order valence-corrected chi connectivity index (χ0v) is 12.1. The summed E-state index contributed by atoms with van der Waals surface area (Å²) in [6.07, 6.45) is 1.34. The van der Waals surface area contributed by atoms with Gasteiger partial charge in [-0.1, -0.05) is 12.1 Å². The summed E-state index contributed by atoms with van der Waals surface area (Å²) >= 11 is 1.75. The molecule has 1 N–H and O–H groups in total. The zero-order chi connectivity index (χ0) is 13.9. The molecule has 0 fully saturated rings. The van der Waals surface area contributed by atoms with E-state index in [-0.39, 0.29) is 6.04 Å². The van der Waals surface area contributed by atoms with E-state index in [1.54, 1.807) is 11.3 Å². The molecule has 0 bridgehead atoms. The van der Waals surface area contributed by atoms with Crippen molar-refractivity contribution in [2.45, 2.75) is 19.9 Å². The van der Waals surface area contributed by atoms with Crippen LogP contribution in [0.5, 0.6) is 0 Å². The van der Waals surface area contributed by atoms with Crippen molar-refractivity contribution < 1.29 is 4.42 Å². The first-order chi connectivity index (χ1) is 9.74. The Kier molecular flexibility index (Phi) is 3.52. The van der Waals surface area contributed by atoms with E-state index in [9.17, 15) is 0 Å². The van der Waals surface area contributed by atoms with Crippen LogP contribution in [0.4, 0.5) is 5.69 Å². The molecule has 2 aromatic heterocycles. The summed E-state index contributed by atoms with van der Waals surface area (Å²) in [4.78, 5) is 1.31. The van der Waals surface area contributed by atoms with Gasteiger partial charge >= 0.3 is 0 Å². The van der Waals surface area contributed by atoms with Gasteiger partial charge in [-0.05, 0) is 43.0 Å². The van der Waals surface area contributed by atoms with Crippen molar-refractivity contribution in [3.8, 4) is 11.5 Å². The largest absolute Gasteiger partial charge is 0.423 e. The van der Waals surface area contributed by atoms with Crippen molar-refractivity contribution >= 4 is 17.0 Å². The fraction of sp³-hybridized carbons (Fsp3) is 0.200. The lowest BCUT2D eigenvalue weighted by molar-refractivity contribution is 0.568. The fourth-order valence-electron chi connectivity index (χ4n) is 2.05. The highest BCUT2D eigenvalue weighted by Gasteiger charge is 2.10. The van der Waals surface area contributed by atoms with Crippen LogP contribution in [-0.4, -0.2) is 10.2 Å². The first-order valence-corrected chi connectivity index (χ1v) is 7.29. The summed E-state index contributed by atoms with van der Waals surface area (Å²) in [6.45, 7) is 4.24. The summed E-state index contributed by atoms with van der Waals surface area (Å²) in [6, 6.07) is 10.6. The molecule has 1 aromatic carbocycles. The van der Waals surface area contributed by atoms with Crippen LogP contribution < -0.4 is 5.32 Å². The number of hydrogen-bond acceptors (Lipinski definition) is 5. The summed E-state index contributed by atoms with van der Waals surface area (Å²) in [5.74, 6) is 0.539. The molecule has 0 aliphatic heterocycles. The van der Waals surface area contributed by atoms with Crippen LogP contribution in [0, 0.1) is 6.92 Å². The van der Waals surface area contributed by atoms with E-state index in [0.29, 0.717) is 5.89 Å². The molecule has 0 spiro atoms. The van der Waals surface area contributed by atoms with Gasteiger partial charge in [0.25, 0.3) is 0 Å². The average Bonchev–Trinajstić information content (AvgIpc) is 3.14. The molecule has 5 heteroatoms. The molecule has 0 radical (unpaired) electrons. The van der Waals surface area contributed by atoms with Gasteiger partial charge in [0.15, 0.2) is 0 Å². The topological polar surface area (TPSA) is 51.0 Å². The van der Waals surface area contributed by atoms with E-state index in [4.69, 9.17) is 4.42 Å². The number of thiophene rings is 1. The van der Waals surface area contributed by atoms with Gasteiger partial charge in [0.05, 0.1) is 6.04 Å². The van der Waals surface area contributed by atoms with Crippen LogP contribution in [0.25, 0.3) is 11.5 Å². The fourth-order valence-corrected chi connectivity index (χ4v) is 2.79. The van der Waals surface area contributed by atoms with Crippen LogP contribution in [0.3, 0.4) is 0 Å². The third-order valence-electron chi connectivity index (χ3n) is 3.19. The standard InChI is InChI=1S/C15H15N3OS/c1-10-5-6-12(15-18-16-9-19-15)8-13(10)17-11(2)14-4-3-7-20-14/h3-9,11,17H,1-2H3. The summed E-state index contributed by atoms with van der Waals surface area (Å²) < 4.78 is 5.24. The second-order valence-corrected chi connectivity index (χ2v) is 5.63. The Hall–Kier alpha value is -2.14. The summed E-state index contributed by atoms with van der Waals surface area (Å²) in [5.41, 5.74) is 3.20. The minimum atomic E-state index is 0.270. The van der Waals surface area contributed by atoms with E-state index in [2.05, 4.69) is 52.9 Å². The molecule has 0 aliphatic carbocycles. The molecule has 3 aromatic rings. The quantitative estimate of drug-likeness (QED) is 0.777. The number of nitrogens with one attached hydrogen (secondary N) is 1. The SMILES string of the molecule is Cc1ccc(-c2nnco2)cc1NC(C)c1cccs1. The van der Waals surface area contributed by atoms with Gasteiger partial charge in [-0.15, -0.1) is 21.5 Å². The molecule has 3 rings (SSSR count). The van der Waals surface area contributed by atoms with E-state index in [1.165, 1.54) is 16.8 Å². The molecule has 0 saturated carbocycles. The van der Waals surface area contributed by atoms with Crippen LogP contribution >= 0.6 is 11.3 Å². The molecule has 1 atom stereocenters. The van der Waals surface area contributed by atoms with Crippen molar-refractivity contribution in [3.63, 3.8) is 0 Å². The zero-order valence-electron chi connectivity index (χ0n) is 11.3. The minimum Gasteiger partial charge on any atom is -0.423 e. The Morgan fingerprint density at radius 2 is 2.20 bits per heavy atom. The van der Waals surface area contributed by atoms with Gasteiger partial charge in [-0.25, -0.2) is 0 Å². The molecule has 0 aliphatic rings. The van der Waals surface area contributed by atoms with Crippen molar-refractivity contribution in [1.82, 2.24) is 10.2 Å². The first kappa shape index (κ1) is 12.9. The van der Waals surface area contributed by atoms with Crippen LogP contribution in [0.2, 0.25) is 0 Å². The Morgan fingerprint density at radius 3 is 2.90 bits per heavy atom. The molecule has 0 amide bonds. The van der Waals surface area contributed by atoms with Crippen molar-refractivity contribution in [1.29, 1.82) is 0 Å². The smallest absolute Gasteiger partial charge is 0.247 e. The number of rotatable bonds is 4. The lowest BCUT2D eigenvalue weighted by Crippen LogP contribution is -2.06. The number of aryl methyl sites for hydroxylation is 1. The van der Waals surface area contributed by atoms with Gasteiger partial charge in [0.1, 0.15) is 0 Å². The summed E-state index contributed by atoms with van der Waals surface area (Å²) in [7, 11) is 0. The van der Waals surface area contributed by atoms with Gasteiger partial charge in [-0.3, -0.25) is 0 Å². The van der Waals surface area contributed by atoms with Crippen LogP contribution in [-0.2, 0) is 0 Å². The number of hydrogen-bond donors (Lipinski definition) is 1. The Bertz CT molecular complexity index is 677. The molecule has 1 unspecified atom stereocenters. The highest BCUT2D eigenvalue weighted by molar-refractivity contribution is 7.10. The highest BCUT2D eigenvalue weighted by Crippen LogP contribution is 2.28. The molecule has 0 saturated heterocycles. The lowest BCUT2D eigenvalue weighted by atomic mass is 10.1. The van der Waals surface area contributed by atoms with Gasteiger partial charge < -0.3 is 9.73 Å². The molecule has 102 valence electrons. The number of benzene rings is 1. The van der Waals surface area contributed by atoms with Crippen LogP contribution in [0.1, 0.15) is 23.4 Å². The minimum absolute atomic E-state index is 0.270. The van der Waals surface area contributed by atoms with Gasteiger partial charge in [0, 0.05) is 16.1 Å². The maximum atomic E-state index is 5.24. The van der Waals surface area contributed by atoms with Crippen molar-refractivity contribution in [3.05, 3.63) is 52.5 Å². The Balaban J connectivity index is 1.87. The van der Waals surface area contributed by atoms with Crippen molar-refractivity contribution in [2.24, 2.45) is 0 Å². The van der Waals surface area contributed by atoms with Gasteiger partial charge in [-0.2, -0.15) is 0 Å². The number of nitrogens with zero attached hydrogens (tertiary/aromatic N) is 2. The predicted molar refractivity (Wildman–Crippen MR) is 80.8 cm³/mol. The molecular weight excluding hydrogens is 270 g/mol. The van der Waals surface area contributed by atoms with E-state index in [0.717, 1.165) is 11.3 Å². The number of anilines is 1. The third kappa shape index (κ3) is 2.58. The number of aromatic nitrogens is 2.